The van der Waals surface area contributed by atoms with Crippen molar-refractivity contribution in [3.8, 4) is 5.75 Å². The molecule has 0 aliphatic rings. The minimum atomic E-state index is 0.187. The molecular weight excluding hydrogens is 282 g/mol. The number of aromatic nitrogens is 2. The Morgan fingerprint density at radius 2 is 2.35 bits per heavy atom. The second kappa shape index (κ2) is 5.33. The third-order valence-corrected chi connectivity index (χ3v) is 3.33. The predicted octanol–water partition coefficient (Wildman–Crippen LogP) is 2.73. The van der Waals surface area contributed by atoms with Crippen LogP contribution in [0.2, 0.25) is 0 Å². The molecule has 0 amide bonds. The lowest BCUT2D eigenvalue weighted by Crippen LogP contribution is -2.17. The maximum atomic E-state index is 9.84. The van der Waals surface area contributed by atoms with Crippen LogP contribution in [-0.4, -0.2) is 15.3 Å². The molecule has 17 heavy (non-hydrogen) atoms. The van der Waals surface area contributed by atoms with Gasteiger partial charge < -0.3 is 10.4 Å². The van der Waals surface area contributed by atoms with Gasteiger partial charge in [0.05, 0.1) is 10.7 Å². The van der Waals surface area contributed by atoms with Crippen molar-refractivity contribution < 1.29 is 5.11 Å². The van der Waals surface area contributed by atoms with Gasteiger partial charge >= 0.3 is 0 Å². The van der Waals surface area contributed by atoms with E-state index < -0.39 is 0 Å². The predicted molar refractivity (Wildman–Crippen MR) is 69.6 cm³/mol. The highest BCUT2D eigenvalue weighted by Gasteiger charge is 2.08. The lowest BCUT2D eigenvalue weighted by atomic mass is 10.1. The van der Waals surface area contributed by atoms with Gasteiger partial charge in [0.25, 0.3) is 0 Å². The van der Waals surface area contributed by atoms with Crippen LogP contribution >= 0.6 is 15.9 Å². The summed E-state index contributed by atoms with van der Waals surface area (Å²) in [5.74, 6) is 0.291. The van der Waals surface area contributed by atoms with Crippen molar-refractivity contribution in [3.05, 3.63) is 46.2 Å². The van der Waals surface area contributed by atoms with Crippen LogP contribution in [0.5, 0.6) is 5.75 Å². The van der Waals surface area contributed by atoms with Crippen LogP contribution in [0.4, 0.5) is 0 Å². The lowest BCUT2D eigenvalue weighted by Gasteiger charge is -2.13. The topological polar surface area (TPSA) is 60.9 Å². The van der Waals surface area contributed by atoms with E-state index in [2.05, 4.69) is 38.4 Å². The van der Waals surface area contributed by atoms with Gasteiger partial charge in [0.2, 0.25) is 0 Å². The summed E-state index contributed by atoms with van der Waals surface area (Å²) in [6.07, 6.45) is 3.65. The third-order valence-electron chi connectivity index (χ3n) is 2.69. The molecular formula is C12H14BrN3O. The zero-order chi connectivity index (χ0) is 12.3. The first-order chi connectivity index (χ1) is 8.18. The second-order valence-corrected chi connectivity index (χ2v) is 4.74. The molecule has 3 N–H and O–H groups in total. The van der Waals surface area contributed by atoms with Crippen molar-refractivity contribution >= 4 is 15.9 Å². The van der Waals surface area contributed by atoms with E-state index in [1.165, 1.54) is 0 Å². The first kappa shape index (κ1) is 12.1. The van der Waals surface area contributed by atoms with Crippen molar-refractivity contribution in [2.24, 2.45) is 0 Å². The molecule has 0 fully saturated rings. The van der Waals surface area contributed by atoms with E-state index in [1.807, 2.05) is 24.4 Å². The number of aromatic amines is 1. The molecule has 0 spiro atoms. The largest absolute Gasteiger partial charge is 0.506 e. The number of para-hydroxylation sites is 1. The van der Waals surface area contributed by atoms with Crippen molar-refractivity contribution in [2.45, 2.75) is 19.5 Å². The Kier molecular flexibility index (Phi) is 3.81. The highest BCUT2D eigenvalue weighted by molar-refractivity contribution is 9.10. The van der Waals surface area contributed by atoms with Gasteiger partial charge in [-0.15, -0.1) is 0 Å². The van der Waals surface area contributed by atoms with Crippen LogP contribution in [-0.2, 0) is 6.54 Å². The normalized spacial score (nSPS) is 12.6. The summed E-state index contributed by atoms with van der Waals surface area (Å²) >= 11 is 3.30. The van der Waals surface area contributed by atoms with Gasteiger partial charge in [0, 0.05) is 29.9 Å². The fourth-order valence-corrected chi connectivity index (χ4v) is 1.99. The van der Waals surface area contributed by atoms with Crippen LogP contribution in [0, 0.1) is 0 Å². The number of aromatic hydroxyl groups is 1. The summed E-state index contributed by atoms with van der Waals surface area (Å²) in [5, 5.41) is 19.9. The Balaban J connectivity index is 2.00. The number of hydrogen-bond donors (Lipinski definition) is 3. The average molecular weight is 296 g/mol. The molecule has 1 aromatic heterocycles. The van der Waals surface area contributed by atoms with Crippen molar-refractivity contribution in [2.75, 3.05) is 0 Å². The molecule has 2 aromatic rings. The second-order valence-electron chi connectivity index (χ2n) is 3.88. The van der Waals surface area contributed by atoms with E-state index in [1.54, 1.807) is 6.20 Å². The minimum absolute atomic E-state index is 0.187. The van der Waals surface area contributed by atoms with E-state index >= 15 is 0 Å². The van der Waals surface area contributed by atoms with Crippen LogP contribution in [0.25, 0.3) is 0 Å². The first-order valence-electron chi connectivity index (χ1n) is 5.37. The zero-order valence-corrected chi connectivity index (χ0v) is 11.0. The maximum absolute atomic E-state index is 9.84. The Hall–Kier alpha value is -1.33. The highest BCUT2D eigenvalue weighted by Crippen LogP contribution is 2.27. The van der Waals surface area contributed by atoms with E-state index in [9.17, 15) is 5.11 Å². The number of nitrogens with zero attached hydrogens (tertiary/aromatic N) is 1. The van der Waals surface area contributed by atoms with E-state index in [0.29, 0.717) is 16.8 Å². The molecule has 1 atom stereocenters. The van der Waals surface area contributed by atoms with Crippen LogP contribution in [0.15, 0.2) is 35.1 Å². The highest BCUT2D eigenvalue weighted by atomic mass is 79.9. The lowest BCUT2D eigenvalue weighted by molar-refractivity contribution is 0.457. The Labute approximate surface area is 108 Å². The van der Waals surface area contributed by atoms with Gasteiger partial charge in [-0.1, -0.05) is 12.1 Å². The van der Waals surface area contributed by atoms with Crippen molar-refractivity contribution in [1.29, 1.82) is 0 Å². The molecule has 2 rings (SSSR count). The number of nitrogens with one attached hydrogen (secondary N) is 2. The van der Waals surface area contributed by atoms with Crippen molar-refractivity contribution in [1.82, 2.24) is 15.5 Å². The molecule has 0 bridgehead atoms. The molecule has 0 saturated heterocycles. The van der Waals surface area contributed by atoms with E-state index in [-0.39, 0.29) is 6.04 Å². The maximum Gasteiger partial charge on any atom is 0.134 e. The number of phenols is 1. The summed E-state index contributed by atoms with van der Waals surface area (Å²) in [6, 6.07) is 5.81. The third kappa shape index (κ3) is 2.87. The number of halogens is 1. The number of phenolic OH excluding ortho intramolecular Hbond substituents is 1. The summed E-state index contributed by atoms with van der Waals surface area (Å²) in [7, 11) is 0. The van der Waals surface area contributed by atoms with Gasteiger partial charge in [-0.25, -0.2) is 0 Å². The summed E-state index contributed by atoms with van der Waals surface area (Å²) in [4.78, 5) is 0. The molecule has 4 nitrogen and oxygen atoms in total. The minimum Gasteiger partial charge on any atom is -0.506 e. The molecule has 0 saturated carbocycles. The van der Waals surface area contributed by atoms with Gasteiger partial charge in [0.1, 0.15) is 5.75 Å². The fourth-order valence-electron chi connectivity index (χ4n) is 1.58. The Morgan fingerprint density at radius 1 is 1.53 bits per heavy atom. The van der Waals surface area contributed by atoms with Crippen LogP contribution < -0.4 is 5.32 Å². The smallest absolute Gasteiger partial charge is 0.134 e. The average Bonchev–Trinajstić information content (AvgIpc) is 2.84. The number of hydrogen-bond acceptors (Lipinski definition) is 3. The number of rotatable bonds is 4. The summed E-state index contributed by atoms with van der Waals surface area (Å²) < 4.78 is 0.716. The van der Waals surface area contributed by atoms with Crippen LogP contribution in [0.3, 0.4) is 0 Å². The van der Waals surface area contributed by atoms with E-state index in [4.69, 9.17) is 0 Å². The van der Waals surface area contributed by atoms with Gasteiger partial charge in [-0.3, -0.25) is 5.10 Å². The molecule has 0 aliphatic carbocycles. The number of benzene rings is 1. The molecule has 5 heteroatoms. The number of H-pyrrole nitrogens is 1. The standard InChI is InChI=1S/C12H14BrN3O/c1-8(10-6-15-16-7-10)14-5-9-3-2-4-11(13)12(9)17/h2-4,6-8,14,17H,5H2,1H3,(H,15,16). The molecule has 1 heterocycles. The molecule has 90 valence electrons. The van der Waals surface area contributed by atoms with Gasteiger partial charge in [-0.2, -0.15) is 5.10 Å². The summed E-state index contributed by atoms with van der Waals surface area (Å²) in [6.45, 7) is 2.66. The molecule has 1 unspecified atom stereocenters. The fraction of sp³-hybridized carbons (Fsp3) is 0.250. The molecule has 0 radical (unpaired) electrons. The SMILES string of the molecule is CC(NCc1cccc(Br)c1O)c1cn[nH]c1. The quantitative estimate of drug-likeness (QED) is 0.813. The molecule has 0 aliphatic heterocycles. The molecule has 1 aromatic carbocycles. The first-order valence-corrected chi connectivity index (χ1v) is 6.16. The monoisotopic (exact) mass is 295 g/mol. The Bertz CT molecular complexity index is 485. The zero-order valence-electron chi connectivity index (χ0n) is 9.44. The van der Waals surface area contributed by atoms with Gasteiger partial charge in [0.15, 0.2) is 0 Å². The van der Waals surface area contributed by atoms with E-state index in [0.717, 1.165) is 11.1 Å². The van der Waals surface area contributed by atoms with Crippen LogP contribution in [0.1, 0.15) is 24.1 Å². The van der Waals surface area contributed by atoms with Crippen molar-refractivity contribution in [3.63, 3.8) is 0 Å². The summed E-state index contributed by atoms with van der Waals surface area (Å²) in [5.41, 5.74) is 1.97. The van der Waals surface area contributed by atoms with Gasteiger partial charge in [-0.05, 0) is 28.9 Å². The Morgan fingerprint density at radius 3 is 3.06 bits per heavy atom.